The van der Waals surface area contributed by atoms with Gasteiger partial charge in [0, 0.05) is 6.04 Å². The van der Waals surface area contributed by atoms with Gasteiger partial charge in [-0.1, -0.05) is 13.8 Å². The molecule has 1 aromatic carbocycles. The third kappa shape index (κ3) is 3.41. The second-order valence-electron chi connectivity index (χ2n) is 5.18. The van der Waals surface area contributed by atoms with Crippen LogP contribution in [0.4, 0.5) is 0 Å². The van der Waals surface area contributed by atoms with Gasteiger partial charge in [-0.15, -0.1) is 0 Å². The second-order valence-corrected chi connectivity index (χ2v) is 5.18. The standard InChI is InChI=1S/C16H25NO2/c1-4-8-17(9-5-2)14-10-13-11-15(18-3)6-7-16(13)19-12-14/h6-7,11,14H,4-5,8-10,12H2,1-3H3/t14-/m1/s1. The van der Waals surface area contributed by atoms with E-state index in [4.69, 9.17) is 9.47 Å². The van der Waals surface area contributed by atoms with E-state index in [2.05, 4.69) is 24.8 Å². The van der Waals surface area contributed by atoms with E-state index in [-0.39, 0.29) is 0 Å². The van der Waals surface area contributed by atoms with E-state index in [1.54, 1.807) is 7.11 Å². The summed E-state index contributed by atoms with van der Waals surface area (Å²) in [7, 11) is 1.71. The molecule has 106 valence electrons. The Kier molecular flexibility index (Phi) is 5.08. The van der Waals surface area contributed by atoms with Crippen LogP contribution in [0.15, 0.2) is 18.2 Å². The van der Waals surface area contributed by atoms with Gasteiger partial charge >= 0.3 is 0 Å². The van der Waals surface area contributed by atoms with Gasteiger partial charge in [0.15, 0.2) is 0 Å². The number of methoxy groups -OCH3 is 1. The molecule has 0 fully saturated rings. The SMILES string of the molecule is CCCN(CCC)[C@H]1COc2ccc(OC)cc2C1. The molecule has 1 aliphatic rings. The summed E-state index contributed by atoms with van der Waals surface area (Å²) in [6.45, 7) is 7.59. The Morgan fingerprint density at radius 1 is 1.26 bits per heavy atom. The fraction of sp³-hybridized carbons (Fsp3) is 0.625. The molecule has 3 heteroatoms. The highest BCUT2D eigenvalue weighted by Crippen LogP contribution is 2.30. The van der Waals surface area contributed by atoms with Crippen LogP contribution in [0.1, 0.15) is 32.3 Å². The van der Waals surface area contributed by atoms with Crippen LogP contribution in [0.5, 0.6) is 11.5 Å². The zero-order valence-electron chi connectivity index (χ0n) is 12.3. The number of ether oxygens (including phenoxy) is 2. The van der Waals surface area contributed by atoms with Crippen molar-refractivity contribution in [2.24, 2.45) is 0 Å². The molecule has 0 saturated heterocycles. The largest absolute Gasteiger partial charge is 0.497 e. The molecule has 0 bridgehead atoms. The van der Waals surface area contributed by atoms with Gasteiger partial charge < -0.3 is 9.47 Å². The quantitative estimate of drug-likeness (QED) is 0.787. The Bertz CT molecular complexity index is 400. The molecule has 0 amide bonds. The van der Waals surface area contributed by atoms with Crippen molar-refractivity contribution in [1.82, 2.24) is 4.90 Å². The fourth-order valence-electron chi connectivity index (χ4n) is 2.77. The molecule has 0 spiro atoms. The lowest BCUT2D eigenvalue weighted by Crippen LogP contribution is -2.43. The predicted molar refractivity (Wildman–Crippen MR) is 78.1 cm³/mol. The minimum atomic E-state index is 0.500. The first-order valence-electron chi connectivity index (χ1n) is 7.32. The van der Waals surface area contributed by atoms with Crippen LogP contribution in [0.2, 0.25) is 0 Å². The van der Waals surface area contributed by atoms with Crippen molar-refractivity contribution in [3.05, 3.63) is 23.8 Å². The van der Waals surface area contributed by atoms with E-state index in [0.29, 0.717) is 6.04 Å². The molecule has 0 N–H and O–H groups in total. The summed E-state index contributed by atoms with van der Waals surface area (Å²) >= 11 is 0. The number of nitrogens with zero attached hydrogens (tertiary/aromatic N) is 1. The molecule has 1 heterocycles. The highest BCUT2D eigenvalue weighted by atomic mass is 16.5. The molecule has 0 aromatic heterocycles. The zero-order valence-corrected chi connectivity index (χ0v) is 12.3. The van der Waals surface area contributed by atoms with Crippen LogP contribution in [0.3, 0.4) is 0 Å². The van der Waals surface area contributed by atoms with E-state index in [1.165, 1.54) is 18.4 Å². The van der Waals surface area contributed by atoms with Crippen molar-refractivity contribution in [3.8, 4) is 11.5 Å². The first kappa shape index (κ1) is 14.2. The number of hydrogen-bond acceptors (Lipinski definition) is 3. The molecule has 19 heavy (non-hydrogen) atoms. The average molecular weight is 263 g/mol. The summed E-state index contributed by atoms with van der Waals surface area (Å²) in [4.78, 5) is 2.56. The normalized spacial score (nSPS) is 18.0. The van der Waals surface area contributed by atoms with E-state index >= 15 is 0 Å². The maximum Gasteiger partial charge on any atom is 0.122 e. The Balaban J connectivity index is 2.10. The molecule has 1 atom stereocenters. The first-order valence-corrected chi connectivity index (χ1v) is 7.32. The maximum atomic E-state index is 5.91. The van der Waals surface area contributed by atoms with Gasteiger partial charge in [0.05, 0.1) is 7.11 Å². The van der Waals surface area contributed by atoms with E-state index in [1.807, 2.05) is 12.1 Å². The third-order valence-corrected chi connectivity index (χ3v) is 3.69. The van der Waals surface area contributed by atoms with Crippen molar-refractivity contribution in [2.75, 3.05) is 26.8 Å². The van der Waals surface area contributed by atoms with Crippen molar-refractivity contribution in [3.63, 3.8) is 0 Å². The van der Waals surface area contributed by atoms with Gasteiger partial charge in [0.25, 0.3) is 0 Å². The van der Waals surface area contributed by atoms with Crippen molar-refractivity contribution in [1.29, 1.82) is 0 Å². The van der Waals surface area contributed by atoms with Crippen LogP contribution >= 0.6 is 0 Å². The zero-order chi connectivity index (χ0) is 13.7. The minimum Gasteiger partial charge on any atom is -0.497 e. The molecule has 0 radical (unpaired) electrons. The highest BCUT2D eigenvalue weighted by molar-refractivity contribution is 5.42. The molecule has 2 rings (SSSR count). The third-order valence-electron chi connectivity index (χ3n) is 3.69. The Morgan fingerprint density at radius 3 is 2.63 bits per heavy atom. The lowest BCUT2D eigenvalue weighted by molar-refractivity contribution is 0.119. The van der Waals surface area contributed by atoms with Crippen LogP contribution in [-0.4, -0.2) is 37.7 Å². The van der Waals surface area contributed by atoms with Crippen LogP contribution in [0.25, 0.3) is 0 Å². The van der Waals surface area contributed by atoms with Gasteiger partial charge in [-0.25, -0.2) is 0 Å². The Labute approximate surface area is 116 Å². The lowest BCUT2D eigenvalue weighted by Gasteiger charge is -2.35. The number of hydrogen-bond donors (Lipinski definition) is 0. The van der Waals surface area contributed by atoms with Crippen LogP contribution < -0.4 is 9.47 Å². The molecule has 0 saturated carbocycles. The Hall–Kier alpha value is -1.22. The van der Waals surface area contributed by atoms with Gasteiger partial charge in [0.1, 0.15) is 18.1 Å². The maximum absolute atomic E-state index is 5.91. The van der Waals surface area contributed by atoms with Gasteiger partial charge in [-0.2, -0.15) is 0 Å². The molecule has 1 aromatic rings. The molecular formula is C16H25NO2. The highest BCUT2D eigenvalue weighted by Gasteiger charge is 2.24. The van der Waals surface area contributed by atoms with Gasteiger partial charge in [0.2, 0.25) is 0 Å². The minimum absolute atomic E-state index is 0.500. The van der Waals surface area contributed by atoms with Crippen LogP contribution in [-0.2, 0) is 6.42 Å². The van der Waals surface area contributed by atoms with Crippen molar-refractivity contribution < 1.29 is 9.47 Å². The molecular weight excluding hydrogens is 238 g/mol. The summed E-state index contributed by atoms with van der Waals surface area (Å²) in [5.74, 6) is 1.94. The summed E-state index contributed by atoms with van der Waals surface area (Å²) in [5.41, 5.74) is 1.27. The smallest absolute Gasteiger partial charge is 0.122 e. The number of rotatable bonds is 6. The van der Waals surface area contributed by atoms with E-state index < -0.39 is 0 Å². The van der Waals surface area contributed by atoms with Gasteiger partial charge in [-0.3, -0.25) is 4.90 Å². The van der Waals surface area contributed by atoms with Crippen LogP contribution in [0, 0.1) is 0 Å². The molecule has 0 unspecified atom stereocenters. The van der Waals surface area contributed by atoms with Crippen molar-refractivity contribution >= 4 is 0 Å². The molecule has 1 aliphatic heterocycles. The first-order chi connectivity index (χ1) is 9.28. The fourth-order valence-corrected chi connectivity index (χ4v) is 2.77. The Morgan fingerprint density at radius 2 is 2.00 bits per heavy atom. The summed E-state index contributed by atoms with van der Waals surface area (Å²) < 4.78 is 11.2. The lowest BCUT2D eigenvalue weighted by atomic mass is 10.0. The van der Waals surface area contributed by atoms with E-state index in [0.717, 1.165) is 37.6 Å². The second kappa shape index (κ2) is 6.80. The number of benzene rings is 1. The number of fused-ring (bicyclic) bond motifs is 1. The summed E-state index contributed by atoms with van der Waals surface area (Å²) in [6.07, 6.45) is 3.45. The summed E-state index contributed by atoms with van der Waals surface area (Å²) in [6, 6.07) is 6.60. The average Bonchev–Trinajstić information content (AvgIpc) is 2.46. The monoisotopic (exact) mass is 263 g/mol. The van der Waals surface area contributed by atoms with Gasteiger partial charge in [-0.05, 0) is 56.1 Å². The summed E-state index contributed by atoms with van der Waals surface area (Å²) in [5, 5.41) is 0. The topological polar surface area (TPSA) is 21.7 Å². The van der Waals surface area contributed by atoms with E-state index in [9.17, 15) is 0 Å². The molecule has 0 aliphatic carbocycles. The predicted octanol–water partition coefficient (Wildman–Crippen LogP) is 3.12. The molecule has 3 nitrogen and oxygen atoms in total. The van der Waals surface area contributed by atoms with Crippen molar-refractivity contribution in [2.45, 2.75) is 39.2 Å².